The molecule has 1 unspecified atom stereocenters. The van der Waals surface area contributed by atoms with Crippen LogP contribution in [-0.4, -0.2) is 14.8 Å². The molecule has 21 heavy (non-hydrogen) atoms. The zero-order chi connectivity index (χ0) is 14.2. The van der Waals surface area contributed by atoms with Gasteiger partial charge in [0.05, 0.1) is 6.04 Å². The number of hydrogen-bond donors (Lipinski definition) is 1. The van der Waals surface area contributed by atoms with E-state index in [1.54, 1.807) is 0 Å². The number of rotatable bonds is 2. The monoisotopic (exact) mass is 282 g/mol. The van der Waals surface area contributed by atoms with Gasteiger partial charge in [-0.15, -0.1) is 0 Å². The van der Waals surface area contributed by atoms with Crippen molar-refractivity contribution in [3.63, 3.8) is 0 Å². The van der Waals surface area contributed by atoms with Crippen LogP contribution in [0.15, 0.2) is 24.3 Å². The summed E-state index contributed by atoms with van der Waals surface area (Å²) in [5.74, 6) is 2.73. The normalized spacial score (nSPS) is 22.4. The maximum absolute atomic E-state index is 4.88. The van der Waals surface area contributed by atoms with Crippen molar-refractivity contribution in [1.82, 2.24) is 20.1 Å². The van der Waals surface area contributed by atoms with Crippen molar-refractivity contribution in [1.29, 1.82) is 0 Å². The summed E-state index contributed by atoms with van der Waals surface area (Å²) in [5.41, 5.74) is 2.85. The number of nitrogens with one attached hydrogen (secondary N) is 1. The van der Waals surface area contributed by atoms with Crippen LogP contribution in [0.3, 0.4) is 0 Å². The first kappa shape index (κ1) is 13.0. The van der Waals surface area contributed by atoms with Gasteiger partial charge in [0.1, 0.15) is 5.82 Å². The topological polar surface area (TPSA) is 42.7 Å². The molecule has 1 aromatic heterocycles. The molecule has 1 saturated carbocycles. The van der Waals surface area contributed by atoms with Gasteiger partial charge in [0.15, 0.2) is 5.82 Å². The zero-order valence-electron chi connectivity index (χ0n) is 12.5. The zero-order valence-corrected chi connectivity index (χ0v) is 12.5. The van der Waals surface area contributed by atoms with Crippen LogP contribution in [0.2, 0.25) is 0 Å². The Labute approximate surface area is 125 Å². The van der Waals surface area contributed by atoms with Crippen molar-refractivity contribution < 1.29 is 0 Å². The fourth-order valence-electron chi connectivity index (χ4n) is 3.71. The Balaban J connectivity index is 1.59. The van der Waals surface area contributed by atoms with E-state index in [-0.39, 0.29) is 6.04 Å². The first-order chi connectivity index (χ1) is 10.3. The second kappa shape index (κ2) is 5.26. The molecule has 4 heteroatoms. The summed E-state index contributed by atoms with van der Waals surface area (Å²) >= 11 is 0. The summed E-state index contributed by atoms with van der Waals surface area (Å²) in [7, 11) is 2.03. The lowest BCUT2D eigenvalue weighted by Crippen LogP contribution is -2.30. The van der Waals surface area contributed by atoms with E-state index >= 15 is 0 Å². The Bertz CT molecular complexity index is 640. The largest absolute Gasteiger partial charge is 0.303 e. The maximum atomic E-state index is 4.88. The molecule has 1 aliphatic heterocycles. The van der Waals surface area contributed by atoms with Crippen molar-refractivity contribution in [2.75, 3.05) is 0 Å². The van der Waals surface area contributed by atoms with Crippen molar-refractivity contribution >= 4 is 0 Å². The van der Waals surface area contributed by atoms with Crippen LogP contribution in [0.1, 0.15) is 60.4 Å². The van der Waals surface area contributed by atoms with Crippen molar-refractivity contribution in [2.45, 2.75) is 50.6 Å². The third-order valence-corrected chi connectivity index (χ3v) is 4.93. The average Bonchev–Trinajstić information content (AvgIpc) is 3.16. The summed E-state index contributed by atoms with van der Waals surface area (Å²) in [6, 6.07) is 8.97. The molecule has 1 N–H and O–H groups in total. The van der Waals surface area contributed by atoms with Gasteiger partial charge in [-0.3, -0.25) is 4.68 Å². The van der Waals surface area contributed by atoms with Crippen LogP contribution < -0.4 is 5.32 Å². The first-order valence-electron chi connectivity index (χ1n) is 8.02. The lowest BCUT2D eigenvalue weighted by molar-refractivity contribution is 0.457. The molecule has 1 aromatic carbocycles. The first-order valence-corrected chi connectivity index (χ1v) is 8.02. The highest BCUT2D eigenvalue weighted by molar-refractivity contribution is 5.30. The van der Waals surface area contributed by atoms with Crippen LogP contribution in [0.4, 0.5) is 0 Å². The number of benzene rings is 1. The smallest absolute Gasteiger partial charge is 0.154 e. The number of nitrogens with zero attached hydrogens (tertiary/aromatic N) is 3. The number of aromatic nitrogens is 3. The van der Waals surface area contributed by atoms with Crippen LogP contribution in [0.25, 0.3) is 0 Å². The van der Waals surface area contributed by atoms with Crippen LogP contribution in [0.5, 0.6) is 0 Å². The van der Waals surface area contributed by atoms with E-state index in [2.05, 4.69) is 34.7 Å². The van der Waals surface area contributed by atoms with E-state index in [1.165, 1.54) is 36.8 Å². The van der Waals surface area contributed by atoms with Gasteiger partial charge in [0.25, 0.3) is 0 Å². The predicted octanol–water partition coefficient (Wildman–Crippen LogP) is 2.86. The number of hydrogen-bond acceptors (Lipinski definition) is 3. The lowest BCUT2D eigenvalue weighted by Gasteiger charge is -2.25. The van der Waals surface area contributed by atoms with Crippen molar-refractivity contribution in [3.05, 3.63) is 47.0 Å². The molecule has 1 aliphatic carbocycles. The van der Waals surface area contributed by atoms with E-state index < -0.39 is 0 Å². The second-order valence-corrected chi connectivity index (χ2v) is 6.34. The average molecular weight is 282 g/mol. The summed E-state index contributed by atoms with van der Waals surface area (Å²) in [4.78, 5) is 4.88. The van der Waals surface area contributed by atoms with Crippen molar-refractivity contribution in [3.8, 4) is 0 Å². The third kappa shape index (κ3) is 2.38. The number of fused-ring (bicyclic) bond motifs is 1. The van der Waals surface area contributed by atoms with Gasteiger partial charge < -0.3 is 5.32 Å². The van der Waals surface area contributed by atoms with E-state index in [4.69, 9.17) is 4.98 Å². The molecule has 0 saturated heterocycles. The molecule has 1 fully saturated rings. The van der Waals surface area contributed by atoms with Gasteiger partial charge in [-0.05, 0) is 30.4 Å². The Hall–Kier alpha value is -1.68. The van der Waals surface area contributed by atoms with Crippen LogP contribution in [0, 0.1) is 0 Å². The molecule has 0 radical (unpaired) electrons. The highest BCUT2D eigenvalue weighted by Gasteiger charge is 2.27. The van der Waals surface area contributed by atoms with E-state index in [0.29, 0.717) is 5.92 Å². The molecule has 2 aromatic rings. The third-order valence-electron chi connectivity index (χ3n) is 4.93. The van der Waals surface area contributed by atoms with Gasteiger partial charge in [-0.1, -0.05) is 37.1 Å². The summed E-state index contributed by atoms with van der Waals surface area (Å²) in [5, 5.41) is 8.30. The molecule has 4 nitrogen and oxygen atoms in total. The molecule has 0 bridgehead atoms. The highest BCUT2D eigenvalue weighted by Crippen LogP contribution is 2.33. The molecule has 2 heterocycles. The summed E-state index contributed by atoms with van der Waals surface area (Å²) in [6.45, 7) is 0.923. The highest BCUT2D eigenvalue weighted by atomic mass is 15.3. The lowest BCUT2D eigenvalue weighted by atomic mass is 9.95. The van der Waals surface area contributed by atoms with Crippen LogP contribution in [-0.2, 0) is 20.0 Å². The van der Waals surface area contributed by atoms with E-state index in [9.17, 15) is 0 Å². The fourth-order valence-corrected chi connectivity index (χ4v) is 3.71. The Morgan fingerprint density at radius 3 is 2.71 bits per heavy atom. The predicted molar refractivity (Wildman–Crippen MR) is 81.9 cm³/mol. The molecule has 4 rings (SSSR count). The van der Waals surface area contributed by atoms with Gasteiger partial charge in [-0.25, -0.2) is 4.98 Å². The Kier molecular flexibility index (Phi) is 3.26. The van der Waals surface area contributed by atoms with Gasteiger partial charge in [0, 0.05) is 19.5 Å². The summed E-state index contributed by atoms with van der Waals surface area (Å²) in [6.07, 6.45) is 6.17. The van der Waals surface area contributed by atoms with Gasteiger partial charge in [-0.2, -0.15) is 5.10 Å². The summed E-state index contributed by atoms with van der Waals surface area (Å²) < 4.78 is 1.99. The van der Waals surface area contributed by atoms with E-state index in [1.807, 2.05) is 11.7 Å². The fraction of sp³-hybridized carbons (Fsp3) is 0.529. The molecular weight excluding hydrogens is 260 g/mol. The molecule has 0 amide bonds. The number of aryl methyl sites for hydroxylation is 1. The molecular formula is C17H22N4. The van der Waals surface area contributed by atoms with Crippen molar-refractivity contribution in [2.24, 2.45) is 7.05 Å². The minimum Gasteiger partial charge on any atom is -0.303 e. The van der Waals surface area contributed by atoms with E-state index in [0.717, 1.165) is 24.6 Å². The second-order valence-electron chi connectivity index (χ2n) is 6.34. The van der Waals surface area contributed by atoms with Gasteiger partial charge >= 0.3 is 0 Å². The molecule has 0 spiro atoms. The standard InChI is InChI=1S/C17H22N4/c1-21-17(19-16(20-21)12-6-2-3-7-12)15-10-13-8-4-5-9-14(13)11-18-15/h4-5,8-9,12,15,18H,2-3,6-7,10-11H2,1H3. The maximum Gasteiger partial charge on any atom is 0.154 e. The minimum atomic E-state index is 0.285. The Morgan fingerprint density at radius 1 is 1.14 bits per heavy atom. The molecule has 1 atom stereocenters. The Morgan fingerprint density at radius 2 is 1.90 bits per heavy atom. The SMILES string of the molecule is Cn1nc(C2CCCC2)nc1C1Cc2ccccc2CN1. The minimum absolute atomic E-state index is 0.285. The molecule has 110 valence electrons. The van der Waals surface area contributed by atoms with Gasteiger partial charge in [0.2, 0.25) is 0 Å². The molecule has 2 aliphatic rings. The van der Waals surface area contributed by atoms with Crippen LogP contribution >= 0.6 is 0 Å². The quantitative estimate of drug-likeness (QED) is 0.921.